The van der Waals surface area contributed by atoms with Crippen molar-refractivity contribution in [2.75, 3.05) is 5.32 Å². The first kappa shape index (κ1) is 14.0. The summed E-state index contributed by atoms with van der Waals surface area (Å²) >= 11 is 1.55. The van der Waals surface area contributed by atoms with Crippen LogP contribution in [0.15, 0.2) is 24.3 Å². The maximum absolute atomic E-state index is 12.3. The molecule has 21 heavy (non-hydrogen) atoms. The topological polar surface area (TPSA) is 46.2 Å². The largest absolute Gasteiger partial charge is 0.313 e. The molecule has 1 N–H and O–H groups in total. The Morgan fingerprint density at radius 1 is 1.29 bits per heavy atom. The maximum Gasteiger partial charge on any atom is 0.256 e. The van der Waals surface area contributed by atoms with E-state index in [2.05, 4.69) is 5.32 Å². The van der Waals surface area contributed by atoms with Crippen molar-refractivity contribution in [2.45, 2.75) is 32.6 Å². The van der Waals surface area contributed by atoms with E-state index < -0.39 is 0 Å². The average Bonchev–Trinajstić information content (AvgIpc) is 2.84. The van der Waals surface area contributed by atoms with E-state index in [0.717, 1.165) is 43.1 Å². The van der Waals surface area contributed by atoms with Gasteiger partial charge in [-0.15, -0.1) is 11.3 Å². The number of thiophene rings is 1. The minimum absolute atomic E-state index is 0.152. The highest BCUT2D eigenvalue weighted by Gasteiger charge is 2.21. The fourth-order valence-electron chi connectivity index (χ4n) is 2.77. The van der Waals surface area contributed by atoms with E-state index in [9.17, 15) is 9.59 Å². The summed E-state index contributed by atoms with van der Waals surface area (Å²) in [6, 6.07) is 7.46. The number of aldehydes is 1. The standard InChI is InChI=1S/C17H17NO2S/c1-11-5-4-6-12(9-11)16(20)18-17-14(10-19)13-7-2-3-8-15(13)21-17/h4-6,9-10H,2-3,7-8H2,1H3,(H,18,20). The third-order valence-electron chi connectivity index (χ3n) is 3.84. The number of carbonyl (C=O) groups excluding carboxylic acids is 2. The second kappa shape index (κ2) is 5.82. The van der Waals surface area contributed by atoms with Crippen LogP contribution in [0.1, 0.15) is 49.6 Å². The van der Waals surface area contributed by atoms with Gasteiger partial charge >= 0.3 is 0 Å². The molecule has 1 amide bonds. The molecule has 0 unspecified atom stereocenters. The highest BCUT2D eigenvalue weighted by molar-refractivity contribution is 7.17. The van der Waals surface area contributed by atoms with Gasteiger partial charge in [0.15, 0.2) is 6.29 Å². The summed E-state index contributed by atoms with van der Waals surface area (Å²) in [5, 5.41) is 3.61. The minimum Gasteiger partial charge on any atom is -0.313 e. The predicted octanol–water partition coefficient (Wildman–Crippen LogP) is 4.00. The van der Waals surface area contributed by atoms with E-state index >= 15 is 0 Å². The van der Waals surface area contributed by atoms with Crippen LogP contribution in [0.5, 0.6) is 0 Å². The predicted molar refractivity (Wildman–Crippen MR) is 85.5 cm³/mol. The van der Waals surface area contributed by atoms with Crippen molar-refractivity contribution in [1.29, 1.82) is 0 Å². The van der Waals surface area contributed by atoms with Crippen LogP contribution in [0.4, 0.5) is 5.00 Å². The Morgan fingerprint density at radius 3 is 2.86 bits per heavy atom. The van der Waals surface area contributed by atoms with E-state index in [1.54, 1.807) is 17.4 Å². The summed E-state index contributed by atoms with van der Waals surface area (Å²) < 4.78 is 0. The first-order valence-electron chi connectivity index (χ1n) is 7.17. The number of anilines is 1. The molecular formula is C17H17NO2S. The van der Waals surface area contributed by atoms with Crippen molar-refractivity contribution >= 4 is 28.5 Å². The number of aryl methyl sites for hydroxylation is 2. The van der Waals surface area contributed by atoms with Gasteiger partial charge in [0.1, 0.15) is 5.00 Å². The molecule has 0 bridgehead atoms. The average molecular weight is 299 g/mol. The van der Waals surface area contributed by atoms with Crippen LogP contribution in [-0.4, -0.2) is 12.2 Å². The summed E-state index contributed by atoms with van der Waals surface area (Å²) in [5.74, 6) is -0.152. The molecule has 1 aromatic carbocycles. The molecule has 0 spiro atoms. The second-order valence-electron chi connectivity index (χ2n) is 5.40. The molecule has 1 aliphatic carbocycles. The van der Waals surface area contributed by atoms with Crippen molar-refractivity contribution < 1.29 is 9.59 Å². The summed E-state index contributed by atoms with van der Waals surface area (Å²) in [4.78, 5) is 25.0. The third-order valence-corrected chi connectivity index (χ3v) is 5.06. The van der Waals surface area contributed by atoms with Crippen LogP contribution in [0.2, 0.25) is 0 Å². The van der Waals surface area contributed by atoms with Crippen LogP contribution in [0, 0.1) is 6.92 Å². The lowest BCUT2D eigenvalue weighted by molar-refractivity contribution is 0.102. The number of rotatable bonds is 3. The Balaban J connectivity index is 1.89. The Labute approximate surface area is 128 Å². The molecule has 1 aromatic heterocycles. The summed E-state index contributed by atoms with van der Waals surface area (Å²) in [5.41, 5.74) is 3.48. The summed E-state index contributed by atoms with van der Waals surface area (Å²) in [6.45, 7) is 1.96. The SMILES string of the molecule is Cc1cccc(C(=O)Nc2sc3c(c2C=O)CCCC3)c1. The molecule has 108 valence electrons. The normalized spacial score (nSPS) is 13.6. The van der Waals surface area contributed by atoms with E-state index in [4.69, 9.17) is 0 Å². The summed E-state index contributed by atoms with van der Waals surface area (Å²) in [7, 11) is 0. The third kappa shape index (κ3) is 2.76. The molecule has 1 aliphatic rings. The molecule has 3 nitrogen and oxygen atoms in total. The molecule has 0 saturated heterocycles. The lowest BCUT2D eigenvalue weighted by Crippen LogP contribution is -2.12. The van der Waals surface area contributed by atoms with Gasteiger partial charge in [-0.3, -0.25) is 9.59 Å². The smallest absolute Gasteiger partial charge is 0.256 e. The van der Waals surface area contributed by atoms with Gasteiger partial charge in [-0.1, -0.05) is 17.7 Å². The van der Waals surface area contributed by atoms with Gasteiger partial charge in [-0.25, -0.2) is 0 Å². The molecule has 0 aliphatic heterocycles. The molecule has 1 heterocycles. The molecular weight excluding hydrogens is 282 g/mol. The number of benzene rings is 1. The lowest BCUT2D eigenvalue weighted by Gasteiger charge is -2.10. The highest BCUT2D eigenvalue weighted by Crippen LogP contribution is 2.37. The molecule has 2 aromatic rings. The van der Waals surface area contributed by atoms with Gasteiger partial charge < -0.3 is 5.32 Å². The van der Waals surface area contributed by atoms with Gasteiger partial charge in [-0.05, 0) is 50.3 Å². The van der Waals surface area contributed by atoms with Gasteiger partial charge in [0, 0.05) is 10.4 Å². The zero-order valence-electron chi connectivity index (χ0n) is 11.9. The number of hydrogen-bond acceptors (Lipinski definition) is 3. The van der Waals surface area contributed by atoms with Crippen LogP contribution < -0.4 is 5.32 Å². The lowest BCUT2D eigenvalue weighted by atomic mass is 9.96. The number of nitrogens with one attached hydrogen (secondary N) is 1. The highest BCUT2D eigenvalue weighted by atomic mass is 32.1. The number of fused-ring (bicyclic) bond motifs is 1. The Morgan fingerprint density at radius 2 is 2.10 bits per heavy atom. The Hall–Kier alpha value is -1.94. The Kier molecular flexibility index (Phi) is 3.88. The monoisotopic (exact) mass is 299 g/mol. The number of hydrogen-bond donors (Lipinski definition) is 1. The molecule has 0 atom stereocenters. The van der Waals surface area contributed by atoms with Crippen LogP contribution >= 0.6 is 11.3 Å². The minimum atomic E-state index is -0.152. The molecule has 0 radical (unpaired) electrons. The van der Waals surface area contributed by atoms with Gasteiger partial charge in [0.2, 0.25) is 0 Å². The Bertz CT molecular complexity index is 703. The first-order valence-corrected chi connectivity index (χ1v) is 7.98. The van der Waals surface area contributed by atoms with Crippen molar-refractivity contribution in [1.82, 2.24) is 0 Å². The fourth-order valence-corrected chi connectivity index (χ4v) is 4.02. The molecule has 4 heteroatoms. The van der Waals surface area contributed by atoms with Gasteiger partial charge in [-0.2, -0.15) is 0 Å². The van der Waals surface area contributed by atoms with Crippen molar-refractivity contribution in [2.24, 2.45) is 0 Å². The zero-order valence-corrected chi connectivity index (χ0v) is 12.8. The van der Waals surface area contributed by atoms with Crippen molar-refractivity contribution in [3.63, 3.8) is 0 Å². The van der Waals surface area contributed by atoms with Gasteiger partial charge in [0.25, 0.3) is 5.91 Å². The second-order valence-corrected chi connectivity index (χ2v) is 6.50. The van der Waals surface area contributed by atoms with Crippen LogP contribution in [-0.2, 0) is 12.8 Å². The zero-order chi connectivity index (χ0) is 14.8. The van der Waals surface area contributed by atoms with E-state index in [-0.39, 0.29) is 5.91 Å². The van der Waals surface area contributed by atoms with Crippen molar-refractivity contribution in [3.05, 3.63) is 51.4 Å². The maximum atomic E-state index is 12.3. The number of amides is 1. The van der Waals surface area contributed by atoms with Crippen molar-refractivity contribution in [3.8, 4) is 0 Å². The first-order chi connectivity index (χ1) is 10.2. The fraction of sp³-hybridized carbons (Fsp3) is 0.294. The molecule has 0 saturated carbocycles. The summed E-state index contributed by atoms with van der Waals surface area (Å²) in [6.07, 6.45) is 5.13. The number of carbonyl (C=O) groups is 2. The van der Waals surface area contributed by atoms with E-state index in [1.807, 2.05) is 25.1 Å². The van der Waals surface area contributed by atoms with E-state index in [1.165, 1.54) is 4.88 Å². The quantitative estimate of drug-likeness (QED) is 0.871. The van der Waals surface area contributed by atoms with Gasteiger partial charge in [0.05, 0.1) is 5.56 Å². The molecule has 0 fully saturated rings. The van der Waals surface area contributed by atoms with Crippen LogP contribution in [0.25, 0.3) is 0 Å². The van der Waals surface area contributed by atoms with E-state index in [0.29, 0.717) is 16.1 Å². The van der Waals surface area contributed by atoms with Crippen LogP contribution in [0.3, 0.4) is 0 Å². The molecule has 3 rings (SSSR count).